The summed E-state index contributed by atoms with van der Waals surface area (Å²) in [6, 6.07) is 9.03. The second-order valence-corrected chi connectivity index (χ2v) is 10.8. The van der Waals surface area contributed by atoms with Crippen molar-refractivity contribution in [3.8, 4) is 11.1 Å². The number of likely N-dealkylation sites (N-methyl/N-ethyl adjacent to an activating group) is 1. The van der Waals surface area contributed by atoms with Crippen LogP contribution >= 0.6 is 0 Å². The molecule has 0 bridgehead atoms. The summed E-state index contributed by atoms with van der Waals surface area (Å²) in [5, 5.41) is 20.0. The summed E-state index contributed by atoms with van der Waals surface area (Å²) in [7, 11) is 1.35. The van der Waals surface area contributed by atoms with Crippen LogP contribution in [0, 0.1) is 0 Å². The molecular weight excluding hydrogens is 566 g/mol. The third-order valence-electron chi connectivity index (χ3n) is 7.53. The number of halogens is 6. The number of nitrogens with zero attached hydrogens (tertiary/aromatic N) is 3. The first-order chi connectivity index (χ1) is 19.4. The Hall–Kier alpha value is -3.84. The molecule has 2 atom stereocenters. The molecule has 0 radical (unpaired) electrons. The van der Waals surface area contributed by atoms with Crippen molar-refractivity contribution in [2.75, 3.05) is 35.7 Å². The Kier molecular flexibility index (Phi) is 8.22. The molecule has 4 rings (SSSR count). The van der Waals surface area contributed by atoms with Crippen molar-refractivity contribution in [1.29, 1.82) is 0 Å². The summed E-state index contributed by atoms with van der Waals surface area (Å²) in [4.78, 5) is 21.1. The van der Waals surface area contributed by atoms with Crippen molar-refractivity contribution >= 4 is 23.1 Å². The minimum Gasteiger partial charge on any atom is -0.398 e. The lowest BCUT2D eigenvalue weighted by Gasteiger charge is -2.32. The Morgan fingerprint density at radius 3 is 2.12 bits per heavy atom. The van der Waals surface area contributed by atoms with Crippen molar-refractivity contribution in [3.05, 3.63) is 71.4 Å². The number of anilines is 3. The Morgan fingerprint density at radius 2 is 1.57 bits per heavy atom. The highest BCUT2D eigenvalue weighted by molar-refractivity contribution is 6.04. The molecule has 1 aliphatic rings. The topological polar surface area (TPSA) is 103 Å². The van der Waals surface area contributed by atoms with Gasteiger partial charge < -0.3 is 25.7 Å². The molecule has 1 amide bonds. The lowest BCUT2D eigenvalue weighted by atomic mass is 9.81. The Balaban J connectivity index is 1.82. The van der Waals surface area contributed by atoms with Gasteiger partial charge >= 0.3 is 12.4 Å². The molecule has 226 valence electrons. The van der Waals surface area contributed by atoms with Crippen LogP contribution in [0.2, 0.25) is 0 Å². The zero-order valence-corrected chi connectivity index (χ0v) is 23.0. The molecule has 2 aromatic carbocycles. The zero-order valence-electron chi connectivity index (χ0n) is 23.0. The Morgan fingerprint density at radius 1 is 1.00 bits per heavy atom. The first-order valence-corrected chi connectivity index (χ1v) is 12.9. The van der Waals surface area contributed by atoms with E-state index in [1.807, 2.05) is 0 Å². The highest BCUT2D eigenvalue weighted by atomic mass is 19.4. The number of nitrogen functional groups attached to an aromatic ring is 1. The quantitative estimate of drug-likeness (QED) is 0.266. The molecule has 2 unspecified atom stereocenters. The van der Waals surface area contributed by atoms with Crippen LogP contribution in [0.25, 0.3) is 11.1 Å². The van der Waals surface area contributed by atoms with Gasteiger partial charge in [-0.05, 0) is 56.2 Å². The fourth-order valence-corrected chi connectivity index (χ4v) is 5.13. The monoisotopic (exact) mass is 596 g/mol. The van der Waals surface area contributed by atoms with E-state index in [1.54, 1.807) is 35.2 Å². The number of benzene rings is 2. The fourth-order valence-electron chi connectivity index (χ4n) is 5.13. The number of carbonyl (C=O) groups is 1. The number of amides is 1. The first-order valence-electron chi connectivity index (χ1n) is 12.9. The molecule has 1 aromatic heterocycles. The van der Waals surface area contributed by atoms with Gasteiger partial charge in [0, 0.05) is 30.4 Å². The fraction of sp³-hybridized carbons (Fsp3) is 0.379. The summed E-state index contributed by atoms with van der Waals surface area (Å²) in [5.74, 6) is -0.425. The van der Waals surface area contributed by atoms with Crippen LogP contribution in [-0.2, 0) is 22.6 Å². The highest BCUT2D eigenvalue weighted by Gasteiger charge is 2.41. The van der Waals surface area contributed by atoms with Crippen molar-refractivity contribution in [2.45, 2.75) is 50.2 Å². The van der Waals surface area contributed by atoms with Crippen LogP contribution in [0.4, 0.5) is 43.5 Å². The van der Waals surface area contributed by atoms with Crippen molar-refractivity contribution < 1.29 is 41.4 Å². The van der Waals surface area contributed by atoms with Crippen LogP contribution in [0.15, 0.2) is 54.7 Å². The highest BCUT2D eigenvalue weighted by Crippen LogP contribution is 2.42. The summed E-state index contributed by atoms with van der Waals surface area (Å²) in [6.45, 7) is 2.45. The van der Waals surface area contributed by atoms with E-state index in [9.17, 15) is 41.4 Å². The van der Waals surface area contributed by atoms with Crippen LogP contribution in [0.3, 0.4) is 0 Å². The van der Waals surface area contributed by atoms with E-state index >= 15 is 0 Å². The molecule has 1 aliphatic heterocycles. The van der Waals surface area contributed by atoms with Crippen LogP contribution in [-0.4, -0.2) is 53.4 Å². The van der Waals surface area contributed by atoms with Crippen molar-refractivity contribution in [3.63, 3.8) is 0 Å². The number of nitrogens with two attached hydrogens (primary N) is 1. The van der Waals surface area contributed by atoms with Gasteiger partial charge in [-0.2, -0.15) is 26.3 Å². The molecule has 0 aliphatic carbocycles. The van der Waals surface area contributed by atoms with Crippen LogP contribution in [0.5, 0.6) is 0 Å². The average Bonchev–Trinajstić information content (AvgIpc) is 3.31. The minimum absolute atomic E-state index is 0.0155. The summed E-state index contributed by atoms with van der Waals surface area (Å²) >= 11 is 0. The maximum absolute atomic E-state index is 13.9. The predicted octanol–water partition coefficient (Wildman–Crippen LogP) is 5.24. The van der Waals surface area contributed by atoms with Gasteiger partial charge in [-0.3, -0.25) is 4.79 Å². The van der Waals surface area contributed by atoms with E-state index in [0.717, 1.165) is 4.90 Å². The summed E-state index contributed by atoms with van der Waals surface area (Å²) in [5.41, 5.74) is 2.31. The number of aliphatic hydroxyl groups is 2. The van der Waals surface area contributed by atoms with E-state index in [1.165, 1.54) is 27.1 Å². The molecule has 1 saturated heterocycles. The smallest absolute Gasteiger partial charge is 0.398 e. The van der Waals surface area contributed by atoms with Gasteiger partial charge in [-0.25, -0.2) is 4.98 Å². The molecule has 0 spiro atoms. The van der Waals surface area contributed by atoms with Gasteiger partial charge in [0.05, 0.1) is 47.2 Å². The Labute approximate surface area is 238 Å². The number of para-hydroxylation sites is 1. The van der Waals surface area contributed by atoms with E-state index in [2.05, 4.69) is 4.98 Å². The third-order valence-corrected chi connectivity index (χ3v) is 7.53. The summed E-state index contributed by atoms with van der Waals surface area (Å²) < 4.78 is 81.3. The third kappa shape index (κ3) is 6.02. The number of hydrogen-bond donors (Lipinski definition) is 3. The van der Waals surface area contributed by atoms with Crippen LogP contribution < -0.4 is 15.5 Å². The van der Waals surface area contributed by atoms with E-state index in [0.29, 0.717) is 41.2 Å². The van der Waals surface area contributed by atoms with Gasteiger partial charge in [-0.1, -0.05) is 18.2 Å². The zero-order chi connectivity index (χ0) is 31.2. The van der Waals surface area contributed by atoms with Gasteiger partial charge in [0.2, 0.25) is 5.91 Å². The largest absolute Gasteiger partial charge is 0.416 e. The number of β-amino-alcohol motifs (C(OH)–C–C–N with tert-alkyl or cyclic N) is 1. The normalized spacial score (nSPS) is 17.9. The standard InChI is InChI=1S/C29H30F6N4O3/c1-27(2,16-8-17(28(30,31)32)10-18(9-16)29(33,34)35)26(42)38(3)24-13-37-25(39-14-20(41)11-19(39)15-40)12-22(24)21-6-4-5-7-23(21)36/h4-10,12-13,19-20,40-41H,11,14-15,36H2,1-3H3. The van der Waals surface area contributed by atoms with E-state index < -0.39 is 52.5 Å². The molecule has 4 N–H and O–H groups in total. The predicted molar refractivity (Wildman–Crippen MR) is 146 cm³/mol. The van der Waals surface area contributed by atoms with Gasteiger partial charge in [0.15, 0.2) is 0 Å². The van der Waals surface area contributed by atoms with Crippen LogP contribution in [0.1, 0.15) is 37.0 Å². The van der Waals surface area contributed by atoms with Gasteiger partial charge in [0.1, 0.15) is 5.82 Å². The van der Waals surface area contributed by atoms with Crippen molar-refractivity contribution in [2.24, 2.45) is 0 Å². The molecule has 0 saturated carbocycles. The maximum atomic E-state index is 13.9. The second-order valence-electron chi connectivity index (χ2n) is 10.8. The lowest BCUT2D eigenvalue weighted by molar-refractivity contribution is -0.143. The number of carbonyl (C=O) groups excluding carboxylic acids is 1. The molecule has 42 heavy (non-hydrogen) atoms. The number of pyridine rings is 1. The number of aromatic nitrogens is 1. The molecule has 1 fully saturated rings. The second kappa shape index (κ2) is 11.1. The maximum Gasteiger partial charge on any atom is 0.416 e. The number of hydrogen-bond acceptors (Lipinski definition) is 6. The molecule has 13 heteroatoms. The molecule has 2 heterocycles. The van der Waals surface area contributed by atoms with Gasteiger partial charge in [0.25, 0.3) is 0 Å². The minimum atomic E-state index is -5.08. The van der Waals surface area contributed by atoms with E-state index in [4.69, 9.17) is 5.73 Å². The van der Waals surface area contributed by atoms with E-state index in [-0.39, 0.29) is 24.9 Å². The first kappa shape index (κ1) is 31.1. The van der Waals surface area contributed by atoms with Gasteiger partial charge in [-0.15, -0.1) is 0 Å². The Bertz CT molecular complexity index is 1440. The van der Waals surface area contributed by atoms with Crippen molar-refractivity contribution in [1.82, 2.24) is 4.98 Å². The number of rotatable bonds is 6. The SMILES string of the molecule is CN(C(=O)C(C)(C)c1cc(C(F)(F)F)cc(C(F)(F)F)c1)c1cnc(N2CC(O)CC2CO)cc1-c1ccccc1N. The molecule has 7 nitrogen and oxygen atoms in total. The number of alkyl halides is 6. The average molecular weight is 597 g/mol. The molecule has 3 aromatic rings. The summed E-state index contributed by atoms with van der Waals surface area (Å²) in [6.07, 6.45) is -9.19. The number of aliphatic hydroxyl groups excluding tert-OH is 2. The lowest BCUT2D eigenvalue weighted by Crippen LogP contribution is -2.42. The molecular formula is C29H30F6N4O3.